The van der Waals surface area contributed by atoms with Crippen molar-refractivity contribution >= 4 is 17.6 Å². The summed E-state index contributed by atoms with van der Waals surface area (Å²) in [5, 5.41) is 9.78. The van der Waals surface area contributed by atoms with Crippen molar-refractivity contribution in [2.24, 2.45) is 0 Å². The fraction of sp³-hybridized carbons (Fsp3) is 0.0870. The molecule has 1 N–H and O–H groups in total. The van der Waals surface area contributed by atoms with Crippen molar-refractivity contribution in [3.05, 3.63) is 88.4 Å². The summed E-state index contributed by atoms with van der Waals surface area (Å²) in [4.78, 5) is 11.1. The van der Waals surface area contributed by atoms with E-state index in [2.05, 4.69) is 11.8 Å². The molecule has 0 heterocycles. The Kier molecular flexibility index (Phi) is 6.21. The fourth-order valence-corrected chi connectivity index (χ4v) is 2.54. The van der Waals surface area contributed by atoms with E-state index in [4.69, 9.17) is 26.2 Å². The number of aryl methyl sites for hydroxylation is 1. The van der Waals surface area contributed by atoms with Crippen molar-refractivity contribution in [1.82, 2.24) is 0 Å². The first-order chi connectivity index (χ1) is 13.5. The van der Waals surface area contributed by atoms with Crippen LogP contribution in [0.1, 0.15) is 21.5 Å². The number of ether oxygens (including phenoxy) is 2. The minimum absolute atomic E-state index is 0.154. The van der Waals surface area contributed by atoms with Gasteiger partial charge in [-0.25, -0.2) is 4.79 Å². The molecule has 0 aliphatic rings. The number of rotatable bonds is 5. The van der Waals surface area contributed by atoms with Crippen LogP contribution in [0.25, 0.3) is 0 Å². The van der Waals surface area contributed by atoms with Crippen LogP contribution < -0.4 is 9.47 Å². The van der Waals surface area contributed by atoms with Gasteiger partial charge in [-0.2, -0.15) is 0 Å². The molecule has 3 aromatic rings. The first kappa shape index (κ1) is 19.3. The van der Waals surface area contributed by atoms with Crippen molar-refractivity contribution in [2.75, 3.05) is 6.61 Å². The Morgan fingerprint density at radius 3 is 2.57 bits per heavy atom. The van der Waals surface area contributed by atoms with E-state index < -0.39 is 5.97 Å². The summed E-state index contributed by atoms with van der Waals surface area (Å²) < 4.78 is 11.6. The van der Waals surface area contributed by atoms with Crippen LogP contribution in [0.15, 0.2) is 66.7 Å². The van der Waals surface area contributed by atoms with E-state index in [1.165, 1.54) is 12.1 Å². The van der Waals surface area contributed by atoms with Gasteiger partial charge < -0.3 is 14.6 Å². The van der Waals surface area contributed by atoms with Gasteiger partial charge in [0.15, 0.2) is 11.5 Å². The predicted octanol–water partition coefficient (Wildman–Crippen LogP) is 5.57. The summed E-state index contributed by atoms with van der Waals surface area (Å²) in [5.41, 5.74) is 2.01. The van der Waals surface area contributed by atoms with Gasteiger partial charge in [0, 0.05) is 10.6 Å². The van der Waals surface area contributed by atoms with Gasteiger partial charge in [-0.05, 0) is 67.1 Å². The van der Waals surface area contributed by atoms with Gasteiger partial charge in [-0.3, -0.25) is 0 Å². The molecule has 4 nitrogen and oxygen atoms in total. The highest BCUT2D eigenvalue weighted by Gasteiger charge is 2.09. The summed E-state index contributed by atoms with van der Waals surface area (Å²) in [6, 6.07) is 19.1. The van der Waals surface area contributed by atoms with E-state index in [1.807, 2.05) is 31.2 Å². The van der Waals surface area contributed by atoms with E-state index in [9.17, 15) is 4.79 Å². The lowest BCUT2D eigenvalue weighted by Crippen LogP contribution is -1.99. The van der Waals surface area contributed by atoms with Crippen LogP contribution in [0.3, 0.4) is 0 Å². The van der Waals surface area contributed by atoms with E-state index in [0.717, 1.165) is 11.1 Å². The van der Waals surface area contributed by atoms with Gasteiger partial charge >= 0.3 is 5.97 Å². The number of carbonyl (C=O) groups is 1. The number of carboxylic acids is 1. The van der Waals surface area contributed by atoms with Crippen LogP contribution in [0.2, 0.25) is 5.02 Å². The highest BCUT2D eigenvalue weighted by atomic mass is 35.5. The molecule has 3 rings (SSSR count). The Morgan fingerprint density at radius 2 is 1.82 bits per heavy atom. The van der Waals surface area contributed by atoms with E-state index in [1.54, 1.807) is 30.3 Å². The third-order valence-corrected chi connectivity index (χ3v) is 4.04. The van der Waals surface area contributed by atoms with Crippen LogP contribution in [-0.2, 0) is 0 Å². The Balaban J connectivity index is 1.73. The molecule has 0 aromatic heterocycles. The molecule has 0 saturated heterocycles. The van der Waals surface area contributed by atoms with Gasteiger partial charge in [0.1, 0.15) is 12.4 Å². The van der Waals surface area contributed by atoms with Gasteiger partial charge in [-0.15, -0.1) is 0 Å². The van der Waals surface area contributed by atoms with Gasteiger partial charge in [0.25, 0.3) is 0 Å². The lowest BCUT2D eigenvalue weighted by atomic mass is 10.2. The number of hydrogen-bond donors (Lipinski definition) is 1. The monoisotopic (exact) mass is 392 g/mol. The Bertz CT molecular complexity index is 1050. The molecule has 0 spiro atoms. The topological polar surface area (TPSA) is 55.8 Å². The number of carboxylic acid groups (broad SMARTS) is 1. The molecule has 140 valence electrons. The predicted molar refractivity (Wildman–Crippen MR) is 108 cm³/mol. The second kappa shape index (κ2) is 8.98. The number of hydrogen-bond acceptors (Lipinski definition) is 3. The van der Waals surface area contributed by atoms with Crippen molar-refractivity contribution in [2.45, 2.75) is 6.92 Å². The third kappa shape index (κ3) is 5.29. The Hall–Kier alpha value is -3.42. The zero-order valence-electron chi connectivity index (χ0n) is 15.1. The maximum atomic E-state index is 11.1. The maximum absolute atomic E-state index is 11.1. The molecular weight excluding hydrogens is 376 g/mol. The van der Waals surface area contributed by atoms with Crippen LogP contribution in [0.4, 0.5) is 0 Å². The van der Waals surface area contributed by atoms with Crippen LogP contribution in [0.5, 0.6) is 17.2 Å². The maximum Gasteiger partial charge on any atom is 0.335 e. The van der Waals surface area contributed by atoms with Crippen LogP contribution in [-0.4, -0.2) is 17.7 Å². The zero-order chi connectivity index (χ0) is 19.9. The normalized spacial score (nSPS) is 9.93. The number of benzene rings is 3. The Morgan fingerprint density at radius 1 is 1.04 bits per heavy atom. The summed E-state index contributed by atoms with van der Waals surface area (Å²) in [5.74, 6) is 6.39. The third-order valence-electron chi connectivity index (χ3n) is 3.78. The van der Waals surface area contributed by atoms with Crippen molar-refractivity contribution in [1.29, 1.82) is 0 Å². The fourth-order valence-electron chi connectivity index (χ4n) is 2.42. The molecule has 0 fully saturated rings. The van der Waals surface area contributed by atoms with Gasteiger partial charge in [-0.1, -0.05) is 35.6 Å². The van der Waals surface area contributed by atoms with E-state index >= 15 is 0 Å². The van der Waals surface area contributed by atoms with Crippen molar-refractivity contribution < 1.29 is 19.4 Å². The molecule has 28 heavy (non-hydrogen) atoms. The summed E-state index contributed by atoms with van der Waals surface area (Å²) in [6.07, 6.45) is 0. The van der Waals surface area contributed by atoms with Gasteiger partial charge in [0.05, 0.1) is 5.56 Å². The van der Waals surface area contributed by atoms with Crippen molar-refractivity contribution in [3.8, 4) is 29.1 Å². The molecule has 0 unspecified atom stereocenters. The molecule has 5 heteroatoms. The first-order valence-electron chi connectivity index (χ1n) is 8.50. The average molecular weight is 393 g/mol. The molecule has 3 aromatic carbocycles. The molecule has 0 radical (unpaired) electrons. The first-order valence-corrected chi connectivity index (χ1v) is 8.88. The minimum Gasteiger partial charge on any atom is -0.478 e. The SMILES string of the molecule is Cc1ccc(Oc2cccc(C(=O)O)c2)c(OCC#Cc2ccc(Cl)cc2)c1. The molecule has 0 atom stereocenters. The molecule has 0 saturated carbocycles. The largest absolute Gasteiger partial charge is 0.478 e. The van der Waals surface area contributed by atoms with E-state index in [-0.39, 0.29) is 12.2 Å². The number of halogens is 1. The average Bonchev–Trinajstić information content (AvgIpc) is 2.69. The second-order valence-corrected chi connectivity index (χ2v) is 6.42. The van der Waals surface area contributed by atoms with Crippen molar-refractivity contribution in [3.63, 3.8) is 0 Å². The summed E-state index contributed by atoms with van der Waals surface area (Å²) >= 11 is 5.86. The molecule has 0 bridgehead atoms. The minimum atomic E-state index is -1.01. The second-order valence-electron chi connectivity index (χ2n) is 5.98. The van der Waals surface area contributed by atoms with Crippen LogP contribution >= 0.6 is 11.6 Å². The standard InChI is InChI=1S/C23H17ClO4/c1-16-7-12-21(28-20-6-2-5-18(15-20)23(25)26)22(14-16)27-13-3-4-17-8-10-19(24)11-9-17/h2,5-12,14-15H,13H2,1H3,(H,25,26). The smallest absolute Gasteiger partial charge is 0.335 e. The number of aromatic carboxylic acids is 1. The van der Waals surface area contributed by atoms with Crippen LogP contribution in [0, 0.1) is 18.8 Å². The Labute approximate surface area is 168 Å². The molecule has 0 amide bonds. The lowest BCUT2D eigenvalue weighted by Gasteiger charge is -2.12. The lowest BCUT2D eigenvalue weighted by molar-refractivity contribution is 0.0696. The summed E-state index contributed by atoms with van der Waals surface area (Å²) in [6.45, 7) is 2.12. The quantitative estimate of drug-likeness (QED) is 0.577. The van der Waals surface area contributed by atoms with Gasteiger partial charge in [0.2, 0.25) is 0 Å². The highest BCUT2D eigenvalue weighted by molar-refractivity contribution is 6.30. The molecular formula is C23H17ClO4. The highest BCUT2D eigenvalue weighted by Crippen LogP contribution is 2.32. The molecule has 0 aliphatic carbocycles. The molecule has 0 aliphatic heterocycles. The summed E-state index contributed by atoms with van der Waals surface area (Å²) in [7, 11) is 0. The zero-order valence-corrected chi connectivity index (χ0v) is 15.9. The van der Waals surface area contributed by atoms with E-state index in [0.29, 0.717) is 22.3 Å².